The first-order chi connectivity index (χ1) is 11.4. The molecule has 0 atom stereocenters. The van der Waals surface area contributed by atoms with Crippen molar-refractivity contribution in [3.63, 3.8) is 0 Å². The third-order valence-corrected chi connectivity index (χ3v) is 4.96. The predicted molar refractivity (Wildman–Crippen MR) is 89.4 cm³/mol. The molecule has 0 fully saturated rings. The van der Waals surface area contributed by atoms with Gasteiger partial charge in [-0.25, -0.2) is 23.5 Å². The summed E-state index contributed by atoms with van der Waals surface area (Å²) >= 11 is 1.46. The van der Waals surface area contributed by atoms with Crippen LogP contribution in [-0.4, -0.2) is 30.8 Å². The second-order valence-corrected chi connectivity index (χ2v) is 7.47. The van der Waals surface area contributed by atoms with E-state index in [1.807, 2.05) is 11.4 Å². The molecule has 0 bridgehead atoms. The number of fused-ring (bicyclic) bond motifs is 1. The van der Waals surface area contributed by atoms with Gasteiger partial charge in [-0.3, -0.25) is 4.79 Å². The number of ether oxygens (including phenoxy) is 1. The number of thiophene rings is 1. The second kappa shape index (κ2) is 6.63. The van der Waals surface area contributed by atoms with E-state index in [4.69, 9.17) is 9.88 Å². The molecular formula is C15H13N3O4S2. The predicted octanol–water partition coefficient (Wildman–Crippen LogP) is 1.53. The fourth-order valence-electron chi connectivity index (χ4n) is 2.14. The Morgan fingerprint density at radius 1 is 1.25 bits per heavy atom. The van der Waals surface area contributed by atoms with Gasteiger partial charge in [-0.1, -0.05) is 12.1 Å². The van der Waals surface area contributed by atoms with Crippen LogP contribution in [0.2, 0.25) is 0 Å². The summed E-state index contributed by atoms with van der Waals surface area (Å²) in [7, 11) is -3.79. The summed E-state index contributed by atoms with van der Waals surface area (Å²) in [5, 5.41) is 7.71. The fraction of sp³-hybridized carbons (Fsp3) is 0.133. The number of benzene rings is 1. The highest BCUT2D eigenvalue weighted by molar-refractivity contribution is 7.89. The van der Waals surface area contributed by atoms with Crippen molar-refractivity contribution < 1.29 is 17.9 Å². The Morgan fingerprint density at radius 2 is 2.08 bits per heavy atom. The maximum Gasteiger partial charge on any atom is 0.238 e. The van der Waals surface area contributed by atoms with Crippen LogP contribution in [0, 0.1) is 0 Å². The van der Waals surface area contributed by atoms with Crippen molar-refractivity contribution >= 4 is 37.4 Å². The zero-order chi connectivity index (χ0) is 17.2. The van der Waals surface area contributed by atoms with Crippen molar-refractivity contribution in [2.75, 3.05) is 6.61 Å². The van der Waals surface area contributed by atoms with E-state index in [0.29, 0.717) is 11.4 Å². The Labute approximate surface area is 142 Å². The van der Waals surface area contributed by atoms with Crippen LogP contribution in [0.15, 0.2) is 46.9 Å². The van der Waals surface area contributed by atoms with Crippen LogP contribution in [0.3, 0.4) is 0 Å². The summed E-state index contributed by atoms with van der Waals surface area (Å²) in [6.45, 7) is -0.165. The number of rotatable bonds is 6. The summed E-state index contributed by atoms with van der Waals surface area (Å²) in [5.74, 6) is 0.149. The molecule has 0 aliphatic heterocycles. The molecule has 1 aromatic carbocycles. The fourth-order valence-corrected chi connectivity index (χ4v) is 3.45. The SMILES string of the molecule is NS(=O)(=O)c1cccc(CC(=O)COc2ncnc3sccc23)c1. The molecule has 2 aromatic heterocycles. The van der Waals surface area contributed by atoms with Crippen LogP contribution in [-0.2, 0) is 21.2 Å². The normalized spacial score (nSPS) is 11.5. The summed E-state index contributed by atoms with van der Waals surface area (Å²) in [5.41, 5.74) is 0.554. The third kappa shape index (κ3) is 3.75. The lowest BCUT2D eigenvalue weighted by Gasteiger charge is -2.06. The van der Waals surface area contributed by atoms with Crippen LogP contribution in [0.1, 0.15) is 5.56 Å². The van der Waals surface area contributed by atoms with Gasteiger partial charge < -0.3 is 4.74 Å². The van der Waals surface area contributed by atoms with Crippen LogP contribution >= 0.6 is 11.3 Å². The van der Waals surface area contributed by atoms with E-state index in [1.165, 1.54) is 29.8 Å². The molecule has 2 heterocycles. The first kappa shape index (κ1) is 16.5. The molecular weight excluding hydrogens is 350 g/mol. The highest BCUT2D eigenvalue weighted by Crippen LogP contribution is 2.25. The maximum absolute atomic E-state index is 12.1. The van der Waals surface area contributed by atoms with Crippen LogP contribution < -0.4 is 9.88 Å². The number of nitrogens with zero attached hydrogens (tertiary/aromatic N) is 2. The number of Topliss-reactive ketones (excluding diaryl/α,β-unsaturated/α-hetero) is 1. The number of hydrogen-bond donors (Lipinski definition) is 1. The Morgan fingerprint density at radius 3 is 2.88 bits per heavy atom. The van der Waals surface area contributed by atoms with Gasteiger partial charge in [-0.15, -0.1) is 11.3 Å². The lowest BCUT2D eigenvalue weighted by molar-refractivity contribution is -0.120. The molecule has 0 saturated heterocycles. The number of sulfonamides is 1. The number of ketones is 1. The molecule has 0 spiro atoms. The molecule has 0 amide bonds. The first-order valence-corrected chi connectivity index (χ1v) is 9.30. The highest BCUT2D eigenvalue weighted by atomic mass is 32.2. The van der Waals surface area contributed by atoms with Crippen LogP contribution in [0.4, 0.5) is 0 Å². The number of carbonyl (C=O) groups is 1. The van der Waals surface area contributed by atoms with Crippen LogP contribution in [0.5, 0.6) is 5.88 Å². The Balaban J connectivity index is 1.67. The third-order valence-electron chi connectivity index (χ3n) is 3.22. The van der Waals surface area contributed by atoms with Crippen molar-refractivity contribution in [3.8, 4) is 5.88 Å². The average Bonchev–Trinajstić information content (AvgIpc) is 3.01. The van der Waals surface area contributed by atoms with E-state index in [0.717, 1.165) is 10.2 Å². The van der Waals surface area contributed by atoms with Gasteiger partial charge in [0.2, 0.25) is 15.9 Å². The minimum atomic E-state index is -3.79. The number of nitrogens with two attached hydrogens (primary N) is 1. The van der Waals surface area contributed by atoms with Crippen LogP contribution in [0.25, 0.3) is 10.2 Å². The molecule has 0 aliphatic carbocycles. The van der Waals surface area contributed by atoms with Crippen molar-refractivity contribution in [1.29, 1.82) is 0 Å². The van der Waals surface area contributed by atoms with E-state index in [9.17, 15) is 13.2 Å². The minimum Gasteiger partial charge on any atom is -0.469 e. The van der Waals surface area contributed by atoms with Gasteiger partial charge in [0.15, 0.2) is 5.78 Å². The Hall–Kier alpha value is -2.36. The van der Waals surface area contributed by atoms with Gasteiger partial charge in [-0.2, -0.15) is 0 Å². The molecule has 3 aromatic rings. The molecule has 0 unspecified atom stereocenters. The monoisotopic (exact) mass is 363 g/mol. The van der Waals surface area contributed by atoms with E-state index >= 15 is 0 Å². The number of primary sulfonamides is 1. The largest absolute Gasteiger partial charge is 0.469 e. The standard InChI is InChI=1S/C15H13N3O4S2/c16-24(20,21)12-3-1-2-10(7-12)6-11(19)8-22-14-13-4-5-23-15(13)18-9-17-14/h1-5,7,9H,6,8H2,(H2,16,20,21). The Kier molecular flexibility index (Phi) is 4.56. The molecule has 3 rings (SSSR count). The lowest BCUT2D eigenvalue weighted by Crippen LogP contribution is -2.16. The van der Waals surface area contributed by atoms with Crippen molar-refractivity contribution in [3.05, 3.63) is 47.6 Å². The minimum absolute atomic E-state index is 0.0236. The molecule has 24 heavy (non-hydrogen) atoms. The van der Waals surface area contributed by atoms with Gasteiger partial charge >= 0.3 is 0 Å². The molecule has 2 N–H and O–H groups in total. The topological polar surface area (TPSA) is 112 Å². The van der Waals surface area contributed by atoms with Gasteiger partial charge in [-0.05, 0) is 29.1 Å². The van der Waals surface area contributed by atoms with Gasteiger partial charge in [0, 0.05) is 6.42 Å². The molecule has 9 heteroatoms. The van der Waals surface area contributed by atoms with Gasteiger partial charge in [0.25, 0.3) is 0 Å². The molecule has 124 valence electrons. The lowest BCUT2D eigenvalue weighted by atomic mass is 10.1. The van der Waals surface area contributed by atoms with E-state index < -0.39 is 10.0 Å². The second-order valence-electron chi connectivity index (χ2n) is 5.01. The maximum atomic E-state index is 12.1. The number of aromatic nitrogens is 2. The first-order valence-electron chi connectivity index (χ1n) is 6.88. The van der Waals surface area contributed by atoms with E-state index in [1.54, 1.807) is 12.1 Å². The Bertz CT molecular complexity index is 999. The summed E-state index contributed by atoms with van der Waals surface area (Å²) < 4.78 is 28.1. The number of carbonyl (C=O) groups excluding carboxylic acids is 1. The van der Waals surface area contributed by atoms with Gasteiger partial charge in [0.1, 0.15) is 17.8 Å². The van der Waals surface area contributed by atoms with Crippen molar-refractivity contribution in [2.24, 2.45) is 5.14 Å². The zero-order valence-corrected chi connectivity index (χ0v) is 14.0. The summed E-state index contributed by atoms with van der Waals surface area (Å²) in [6.07, 6.45) is 1.43. The molecule has 0 aliphatic rings. The zero-order valence-electron chi connectivity index (χ0n) is 12.4. The van der Waals surface area contributed by atoms with E-state index in [-0.39, 0.29) is 23.7 Å². The summed E-state index contributed by atoms with van der Waals surface area (Å²) in [6, 6.07) is 7.80. The average molecular weight is 363 g/mol. The quantitative estimate of drug-likeness (QED) is 0.711. The van der Waals surface area contributed by atoms with Crippen molar-refractivity contribution in [2.45, 2.75) is 11.3 Å². The molecule has 0 saturated carbocycles. The summed E-state index contributed by atoms with van der Waals surface area (Å²) in [4.78, 5) is 21.0. The smallest absolute Gasteiger partial charge is 0.238 e. The molecule has 0 radical (unpaired) electrons. The molecule has 7 nitrogen and oxygen atoms in total. The van der Waals surface area contributed by atoms with E-state index in [2.05, 4.69) is 9.97 Å². The number of hydrogen-bond acceptors (Lipinski definition) is 7. The van der Waals surface area contributed by atoms with Gasteiger partial charge in [0.05, 0.1) is 10.3 Å². The van der Waals surface area contributed by atoms with Crippen molar-refractivity contribution in [1.82, 2.24) is 9.97 Å². The highest BCUT2D eigenvalue weighted by Gasteiger charge is 2.12.